The van der Waals surface area contributed by atoms with Gasteiger partial charge in [-0.15, -0.1) is 0 Å². The molecule has 0 saturated carbocycles. The third-order valence-electron chi connectivity index (χ3n) is 1.49. The molecule has 1 aromatic rings. The minimum Gasteiger partial charge on any atom is -0.383 e. The van der Waals surface area contributed by atoms with Gasteiger partial charge in [0.05, 0.1) is 0 Å². The number of hydrogen-bond donors (Lipinski definition) is 3. The Balaban J connectivity index is 2.54. The van der Waals surface area contributed by atoms with Gasteiger partial charge < -0.3 is 16.4 Å². The van der Waals surface area contributed by atoms with Crippen LogP contribution in [0.1, 0.15) is 5.56 Å². The predicted molar refractivity (Wildman–Crippen MR) is 47.7 cm³/mol. The fourth-order valence-corrected chi connectivity index (χ4v) is 0.768. The molecule has 0 aliphatic carbocycles. The summed E-state index contributed by atoms with van der Waals surface area (Å²) in [6.45, 7) is 0.326. The highest BCUT2D eigenvalue weighted by molar-refractivity contribution is 5.73. The third-order valence-corrected chi connectivity index (χ3v) is 1.49. The van der Waals surface area contributed by atoms with Crippen LogP contribution in [0, 0.1) is 0 Å². The molecule has 0 atom stereocenters. The summed E-state index contributed by atoms with van der Waals surface area (Å²) in [5.41, 5.74) is 6.23. The maximum Gasteiger partial charge on any atom is 0.314 e. The quantitative estimate of drug-likeness (QED) is 0.572. The monoisotopic (exact) mass is 181 g/mol. The largest absolute Gasteiger partial charge is 0.383 e. The maximum atomic E-state index is 10.8. The van der Waals surface area contributed by atoms with Gasteiger partial charge in [-0.25, -0.2) is 14.8 Å². The number of nitrogens with two attached hydrogens (primary N) is 1. The van der Waals surface area contributed by atoms with Gasteiger partial charge in [0.25, 0.3) is 0 Å². The highest BCUT2D eigenvalue weighted by atomic mass is 16.2. The molecule has 0 spiro atoms. The van der Waals surface area contributed by atoms with Crippen LogP contribution in [0.15, 0.2) is 12.5 Å². The van der Waals surface area contributed by atoms with Gasteiger partial charge >= 0.3 is 6.03 Å². The van der Waals surface area contributed by atoms with Gasteiger partial charge in [0.2, 0.25) is 0 Å². The molecule has 0 unspecified atom stereocenters. The van der Waals surface area contributed by atoms with Crippen LogP contribution in [-0.4, -0.2) is 23.0 Å². The zero-order valence-electron chi connectivity index (χ0n) is 7.24. The van der Waals surface area contributed by atoms with Crippen molar-refractivity contribution in [3.8, 4) is 0 Å². The lowest BCUT2D eigenvalue weighted by Crippen LogP contribution is -2.32. The Labute approximate surface area is 75.6 Å². The summed E-state index contributed by atoms with van der Waals surface area (Å²) < 4.78 is 0. The van der Waals surface area contributed by atoms with Crippen molar-refractivity contribution >= 4 is 11.8 Å². The fourth-order valence-electron chi connectivity index (χ4n) is 0.768. The summed E-state index contributed by atoms with van der Waals surface area (Å²) in [5, 5.41) is 5.00. The van der Waals surface area contributed by atoms with Crippen LogP contribution in [0.25, 0.3) is 0 Å². The van der Waals surface area contributed by atoms with E-state index in [1.807, 2.05) is 0 Å². The van der Waals surface area contributed by atoms with Gasteiger partial charge in [-0.05, 0) is 0 Å². The predicted octanol–water partition coefficient (Wildman–Crippen LogP) is -0.512. The van der Waals surface area contributed by atoms with Crippen LogP contribution < -0.4 is 16.4 Å². The molecule has 0 aliphatic heterocycles. The first-order valence-electron chi connectivity index (χ1n) is 3.74. The van der Waals surface area contributed by atoms with Crippen molar-refractivity contribution in [2.45, 2.75) is 6.54 Å². The lowest BCUT2D eigenvalue weighted by molar-refractivity contribution is 0.242. The molecule has 4 N–H and O–H groups in total. The first-order valence-corrected chi connectivity index (χ1v) is 3.74. The van der Waals surface area contributed by atoms with Crippen molar-refractivity contribution in [3.05, 3.63) is 18.1 Å². The Morgan fingerprint density at radius 2 is 2.46 bits per heavy atom. The van der Waals surface area contributed by atoms with Gasteiger partial charge in [0, 0.05) is 25.4 Å². The molecule has 1 rings (SSSR count). The maximum absolute atomic E-state index is 10.8. The second-order valence-corrected chi connectivity index (χ2v) is 2.37. The molecule has 6 heteroatoms. The second-order valence-electron chi connectivity index (χ2n) is 2.37. The number of nitrogens with zero attached hydrogens (tertiary/aromatic N) is 2. The zero-order chi connectivity index (χ0) is 9.68. The highest BCUT2D eigenvalue weighted by Crippen LogP contribution is 2.03. The van der Waals surface area contributed by atoms with Gasteiger partial charge in [-0.1, -0.05) is 0 Å². The summed E-state index contributed by atoms with van der Waals surface area (Å²) >= 11 is 0. The highest BCUT2D eigenvalue weighted by Gasteiger charge is 2.01. The SMILES string of the molecule is CNC(=O)NCc1cncnc1N. The molecular formula is C7H11N5O. The van der Waals surface area contributed by atoms with Crippen molar-refractivity contribution in [1.82, 2.24) is 20.6 Å². The van der Waals surface area contributed by atoms with Crippen LogP contribution in [0.4, 0.5) is 10.6 Å². The summed E-state index contributed by atoms with van der Waals surface area (Å²) in [5.74, 6) is 0.381. The van der Waals surface area contributed by atoms with E-state index in [9.17, 15) is 4.79 Å². The Kier molecular flexibility index (Phi) is 3.02. The molecule has 0 radical (unpaired) electrons. The van der Waals surface area contributed by atoms with Crippen LogP contribution in [0.2, 0.25) is 0 Å². The van der Waals surface area contributed by atoms with E-state index in [4.69, 9.17) is 5.73 Å². The number of nitrogen functional groups attached to an aromatic ring is 1. The topological polar surface area (TPSA) is 92.9 Å². The number of hydrogen-bond acceptors (Lipinski definition) is 4. The number of amides is 2. The van der Waals surface area contributed by atoms with Gasteiger partial charge in [0.1, 0.15) is 12.1 Å². The molecule has 0 bridgehead atoms. The summed E-state index contributed by atoms with van der Waals surface area (Å²) in [6.07, 6.45) is 2.93. The van der Waals surface area contributed by atoms with E-state index in [-0.39, 0.29) is 6.03 Å². The van der Waals surface area contributed by atoms with Gasteiger partial charge in [-0.3, -0.25) is 0 Å². The van der Waals surface area contributed by atoms with E-state index in [0.717, 1.165) is 0 Å². The summed E-state index contributed by atoms with van der Waals surface area (Å²) in [7, 11) is 1.54. The summed E-state index contributed by atoms with van der Waals surface area (Å²) in [6, 6.07) is -0.261. The first-order chi connectivity index (χ1) is 6.24. The molecule has 1 heterocycles. The van der Waals surface area contributed by atoms with Crippen molar-refractivity contribution in [2.75, 3.05) is 12.8 Å². The smallest absolute Gasteiger partial charge is 0.314 e. The molecule has 0 aromatic carbocycles. The third kappa shape index (κ3) is 2.58. The van der Waals surface area contributed by atoms with E-state index in [1.165, 1.54) is 6.33 Å². The molecule has 70 valence electrons. The first kappa shape index (κ1) is 9.24. The average Bonchev–Trinajstić information content (AvgIpc) is 2.16. The molecular weight excluding hydrogens is 170 g/mol. The number of urea groups is 1. The molecule has 0 fully saturated rings. The van der Waals surface area contributed by atoms with Gasteiger partial charge in [-0.2, -0.15) is 0 Å². The Hall–Kier alpha value is -1.85. The molecule has 0 saturated heterocycles. The molecule has 1 aromatic heterocycles. The normalized spacial score (nSPS) is 9.31. The Bertz CT molecular complexity index is 301. The van der Waals surface area contributed by atoms with Gasteiger partial charge in [0.15, 0.2) is 0 Å². The number of nitrogens with one attached hydrogen (secondary N) is 2. The van der Waals surface area contributed by atoms with Crippen LogP contribution >= 0.6 is 0 Å². The van der Waals surface area contributed by atoms with Crippen molar-refractivity contribution in [1.29, 1.82) is 0 Å². The minimum absolute atomic E-state index is 0.261. The fraction of sp³-hybridized carbons (Fsp3) is 0.286. The average molecular weight is 181 g/mol. The Morgan fingerprint density at radius 3 is 3.08 bits per heavy atom. The summed E-state index contributed by atoms with van der Waals surface area (Å²) in [4.78, 5) is 18.4. The lowest BCUT2D eigenvalue weighted by Gasteiger charge is -2.04. The molecule has 6 nitrogen and oxygen atoms in total. The number of anilines is 1. The van der Waals surface area contributed by atoms with E-state index in [2.05, 4.69) is 20.6 Å². The van der Waals surface area contributed by atoms with Crippen molar-refractivity contribution in [2.24, 2.45) is 0 Å². The van der Waals surface area contributed by atoms with Crippen molar-refractivity contribution in [3.63, 3.8) is 0 Å². The zero-order valence-corrected chi connectivity index (χ0v) is 7.24. The van der Waals surface area contributed by atoms with E-state index in [0.29, 0.717) is 17.9 Å². The molecule has 0 aliphatic rings. The molecule has 13 heavy (non-hydrogen) atoms. The van der Waals surface area contributed by atoms with Crippen LogP contribution in [0.3, 0.4) is 0 Å². The minimum atomic E-state index is -0.261. The van der Waals surface area contributed by atoms with Crippen LogP contribution in [0.5, 0.6) is 0 Å². The standard InChI is InChI=1S/C7H11N5O/c1-9-7(13)11-3-5-2-10-4-12-6(5)8/h2,4H,3H2,1H3,(H2,8,10,12)(H2,9,11,13). The second kappa shape index (κ2) is 4.24. The van der Waals surface area contributed by atoms with E-state index in [1.54, 1.807) is 13.2 Å². The lowest BCUT2D eigenvalue weighted by atomic mass is 10.3. The Morgan fingerprint density at radius 1 is 1.69 bits per heavy atom. The number of aromatic nitrogens is 2. The van der Waals surface area contributed by atoms with Crippen molar-refractivity contribution < 1.29 is 4.79 Å². The number of rotatable bonds is 2. The number of carbonyl (C=O) groups excluding carboxylic acids is 1. The van der Waals surface area contributed by atoms with E-state index < -0.39 is 0 Å². The number of carbonyl (C=O) groups is 1. The van der Waals surface area contributed by atoms with Crippen LogP contribution in [-0.2, 0) is 6.54 Å². The molecule has 2 amide bonds. The van der Waals surface area contributed by atoms with E-state index >= 15 is 0 Å².